The van der Waals surface area contributed by atoms with E-state index in [4.69, 9.17) is 11.6 Å². The van der Waals surface area contributed by atoms with Gasteiger partial charge in [-0.25, -0.2) is 4.98 Å². The molecule has 0 unspecified atom stereocenters. The summed E-state index contributed by atoms with van der Waals surface area (Å²) in [6.07, 6.45) is 3.10. The minimum atomic E-state index is -0.288. The highest BCUT2D eigenvalue weighted by Gasteiger charge is 2.24. The van der Waals surface area contributed by atoms with E-state index in [0.717, 1.165) is 17.3 Å². The molecule has 1 saturated heterocycles. The third-order valence-corrected chi connectivity index (χ3v) is 6.22. The maximum absolute atomic E-state index is 13.2. The molecule has 0 saturated carbocycles. The highest BCUT2D eigenvalue weighted by molar-refractivity contribution is 8.18. The number of nitrogens with zero attached hydrogens (tertiary/aromatic N) is 4. The fourth-order valence-electron chi connectivity index (χ4n) is 3.40. The number of nitrogens with one attached hydrogen (secondary N) is 1. The molecular weight excluding hydrogens is 470 g/mol. The average Bonchev–Trinajstić information content (AvgIpc) is 3.20. The molecule has 1 fully saturated rings. The van der Waals surface area contributed by atoms with Crippen molar-refractivity contribution in [1.82, 2.24) is 14.9 Å². The molecule has 5 rings (SSSR count). The van der Waals surface area contributed by atoms with Crippen LogP contribution in [0.25, 0.3) is 22.7 Å². The van der Waals surface area contributed by atoms with Gasteiger partial charge in [0.15, 0.2) is 11.0 Å². The van der Waals surface area contributed by atoms with E-state index in [1.807, 2.05) is 54.6 Å². The molecule has 1 N–H and O–H groups in total. The van der Waals surface area contributed by atoms with Crippen LogP contribution in [0.5, 0.6) is 0 Å². The normalized spacial score (nSPS) is 16.1. The van der Waals surface area contributed by atoms with Crippen molar-refractivity contribution in [2.24, 2.45) is 10.2 Å². The van der Waals surface area contributed by atoms with Crippen LogP contribution in [-0.2, 0) is 4.79 Å². The van der Waals surface area contributed by atoms with Gasteiger partial charge in [0.05, 0.1) is 27.7 Å². The van der Waals surface area contributed by atoms with E-state index in [0.29, 0.717) is 37.5 Å². The molecular formula is C25H16ClN5O2S. The molecule has 3 aromatic carbocycles. The standard InChI is InChI=1S/C25H16ClN5O2S/c26-19-12-6-4-8-16(19)14-21-23(32)29-25(34-21)30-27-15-22-28-20-13-7-5-11-18(20)24(33)31(22)17-9-2-1-3-10-17/h1-15H,(H,29,30,32)/b21-14+,27-15+. The van der Waals surface area contributed by atoms with Gasteiger partial charge in [-0.2, -0.15) is 5.10 Å². The van der Waals surface area contributed by atoms with Gasteiger partial charge >= 0.3 is 0 Å². The fraction of sp³-hybridized carbons (Fsp3) is 0. The summed E-state index contributed by atoms with van der Waals surface area (Å²) in [6, 6.07) is 23.6. The number of amidine groups is 1. The van der Waals surface area contributed by atoms with E-state index in [-0.39, 0.29) is 11.5 Å². The summed E-state index contributed by atoms with van der Waals surface area (Å²) in [4.78, 5) is 30.6. The Morgan fingerprint density at radius 2 is 1.68 bits per heavy atom. The summed E-state index contributed by atoms with van der Waals surface area (Å²) in [5.41, 5.74) is 1.74. The smallest absolute Gasteiger partial charge is 0.266 e. The van der Waals surface area contributed by atoms with Gasteiger partial charge < -0.3 is 0 Å². The number of hydrogen-bond acceptors (Lipinski definition) is 6. The first-order valence-electron chi connectivity index (χ1n) is 10.2. The zero-order valence-electron chi connectivity index (χ0n) is 17.6. The number of aromatic nitrogens is 2. The van der Waals surface area contributed by atoms with Crippen molar-refractivity contribution in [3.63, 3.8) is 0 Å². The van der Waals surface area contributed by atoms with Gasteiger partial charge in [-0.1, -0.05) is 60.1 Å². The summed E-state index contributed by atoms with van der Waals surface area (Å²) in [6.45, 7) is 0. The minimum absolute atomic E-state index is 0.209. The van der Waals surface area contributed by atoms with Gasteiger partial charge in [0.2, 0.25) is 0 Å². The summed E-state index contributed by atoms with van der Waals surface area (Å²) >= 11 is 7.34. The molecule has 34 heavy (non-hydrogen) atoms. The molecule has 1 aliphatic heterocycles. The monoisotopic (exact) mass is 485 g/mol. The van der Waals surface area contributed by atoms with Gasteiger partial charge in [-0.3, -0.25) is 19.5 Å². The van der Waals surface area contributed by atoms with Gasteiger partial charge in [0, 0.05) is 5.02 Å². The van der Waals surface area contributed by atoms with Gasteiger partial charge in [-0.05, 0) is 53.7 Å². The number of thioether (sulfide) groups is 1. The molecule has 0 bridgehead atoms. The average molecular weight is 486 g/mol. The second-order valence-electron chi connectivity index (χ2n) is 7.20. The lowest BCUT2D eigenvalue weighted by Crippen LogP contribution is -2.23. The third kappa shape index (κ3) is 4.41. The predicted molar refractivity (Wildman–Crippen MR) is 138 cm³/mol. The van der Waals surface area contributed by atoms with Crippen LogP contribution in [0.15, 0.2) is 98.8 Å². The molecule has 0 aliphatic carbocycles. The Balaban J connectivity index is 1.49. The van der Waals surface area contributed by atoms with Crippen molar-refractivity contribution >= 4 is 57.6 Å². The second-order valence-corrected chi connectivity index (χ2v) is 8.64. The van der Waals surface area contributed by atoms with E-state index in [2.05, 4.69) is 20.5 Å². The Kier molecular flexibility index (Phi) is 6.07. The Bertz CT molecular complexity index is 1560. The Hall–Kier alpha value is -4.01. The van der Waals surface area contributed by atoms with Crippen LogP contribution in [0.3, 0.4) is 0 Å². The molecule has 7 nitrogen and oxygen atoms in total. The lowest BCUT2D eigenvalue weighted by atomic mass is 10.2. The molecule has 0 spiro atoms. The number of rotatable bonds is 4. The van der Waals surface area contributed by atoms with E-state index in [1.54, 1.807) is 30.3 Å². The van der Waals surface area contributed by atoms with Crippen molar-refractivity contribution in [3.05, 3.63) is 111 Å². The fourth-order valence-corrected chi connectivity index (χ4v) is 4.36. The second kappa shape index (κ2) is 9.46. The van der Waals surface area contributed by atoms with Crippen molar-refractivity contribution in [2.45, 2.75) is 0 Å². The van der Waals surface area contributed by atoms with Crippen LogP contribution >= 0.6 is 23.4 Å². The first kappa shape index (κ1) is 21.8. The van der Waals surface area contributed by atoms with Crippen molar-refractivity contribution in [2.75, 3.05) is 0 Å². The SMILES string of the molecule is O=C1N/C(=N\N=C\c2nc3ccccc3c(=O)n2-c2ccccc2)S/C1=C/c1ccccc1Cl. The summed E-state index contributed by atoms with van der Waals surface area (Å²) in [5.74, 6) is 0.0318. The number of amides is 1. The van der Waals surface area contributed by atoms with Crippen LogP contribution in [0.4, 0.5) is 0 Å². The van der Waals surface area contributed by atoms with E-state index >= 15 is 0 Å². The number of halogens is 1. The predicted octanol–water partition coefficient (Wildman–Crippen LogP) is 4.63. The van der Waals surface area contributed by atoms with E-state index < -0.39 is 0 Å². The van der Waals surface area contributed by atoms with E-state index in [9.17, 15) is 9.59 Å². The Morgan fingerprint density at radius 1 is 0.941 bits per heavy atom. The summed E-state index contributed by atoms with van der Waals surface area (Å²) < 4.78 is 1.48. The Morgan fingerprint density at radius 3 is 2.50 bits per heavy atom. The zero-order valence-corrected chi connectivity index (χ0v) is 19.1. The van der Waals surface area contributed by atoms with Crippen LogP contribution in [-0.4, -0.2) is 26.8 Å². The largest absolute Gasteiger partial charge is 0.299 e. The maximum Gasteiger partial charge on any atom is 0.266 e. The van der Waals surface area contributed by atoms with Crippen LogP contribution in [0.2, 0.25) is 5.02 Å². The number of fused-ring (bicyclic) bond motifs is 1. The molecule has 1 aromatic heterocycles. The quantitative estimate of drug-likeness (QED) is 0.259. The topological polar surface area (TPSA) is 88.7 Å². The highest BCUT2D eigenvalue weighted by Crippen LogP contribution is 2.28. The molecule has 1 amide bonds. The van der Waals surface area contributed by atoms with Crippen LogP contribution < -0.4 is 10.9 Å². The van der Waals surface area contributed by atoms with Crippen LogP contribution in [0, 0.1) is 0 Å². The summed E-state index contributed by atoms with van der Waals surface area (Å²) in [7, 11) is 0. The number of hydrogen-bond donors (Lipinski definition) is 1. The van der Waals surface area contributed by atoms with Gasteiger partial charge in [0.25, 0.3) is 11.5 Å². The van der Waals surface area contributed by atoms with Crippen molar-refractivity contribution < 1.29 is 4.79 Å². The molecule has 4 aromatic rings. The number of carbonyl (C=O) groups excluding carboxylic acids is 1. The number of para-hydroxylation sites is 2. The molecule has 0 atom stereocenters. The lowest BCUT2D eigenvalue weighted by Gasteiger charge is -2.10. The van der Waals surface area contributed by atoms with Gasteiger partial charge in [-0.15, -0.1) is 5.10 Å². The van der Waals surface area contributed by atoms with Gasteiger partial charge in [0.1, 0.15) is 0 Å². The van der Waals surface area contributed by atoms with Crippen LogP contribution in [0.1, 0.15) is 11.4 Å². The molecule has 1 aliphatic rings. The maximum atomic E-state index is 13.2. The number of benzene rings is 3. The molecule has 166 valence electrons. The van der Waals surface area contributed by atoms with Crippen molar-refractivity contribution in [3.8, 4) is 5.69 Å². The minimum Gasteiger partial charge on any atom is -0.299 e. The molecule has 2 heterocycles. The highest BCUT2D eigenvalue weighted by atomic mass is 35.5. The molecule has 9 heteroatoms. The number of carbonyl (C=O) groups is 1. The van der Waals surface area contributed by atoms with Crippen molar-refractivity contribution in [1.29, 1.82) is 0 Å². The first-order valence-corrected chi connectivity index (χ1v) is 11.4. The lowest BCUT2D eigenvalue weighted by molar-refractivity contribution is -0.115. The molecule has 0 radical (unpaired) electrons. The summed E-state index contributed by atoms with van der Waals surface area (Å²) in [5, 5.41) is 12.3. The zero-order chi connectivity index (χ0) is 23.5. The van der Waals surface area contributed by atoms with E-state index in [1.165, 1.54) is 10.8 Å². The Labute approximate surface area is 203 Å². The first-order chi connectivity index (χ1) is 16.6. The third-order valence-electron chi connectivity index (χ3n) is 4.98.